The van der Waals surface area contributed by atoms with Crippen LogP contribution in [0.4, 0.5) is 0 Å². The molecule has 0 aliphatic carbocycles. The molecular formula is C8H13N3. The van der Waals surface area contributed by atoms with Gasteiger partial charge < -0.3 is 0 Å². The highest BCUT2D eigenvalue weighted by Crippen LogP contribution is 2.05. The highest BCUT2D eigenvalue weighted by molar-refractivity contribution is 4.92. The fourth-order valence-corrected chi connectivity index (χ4v) is 0.981. The van der Waals surface area contributed by atoms with E-state index < -0.39 is 0 Å². The van der Waals surface area contributed by atoms with Crippen molar-refractivity contribution in [2.24, 2.45) is 0 Å². The molecule has 0 saturated heterocycles. The van der Waals surface area contributed by atoms with E-state index in [9.17, 15) is 0 Å². The standard InChI is InChI=1S/C8H13N3/c1-4-5-8-9-6-10-11(8)7(2)3/h4,6-7H,1,5H2,2-3H3. The van der Waals surface area contributed by atoms with Crippen LogP contribution in [0.3, 0.4) is 0 Å². The van der Waals surface area contributed by atoms with E-state index in [1.165, 1.54) is 0 Å². The number of nitrogens with zero attached hydrogens (tertiary/aromatic N) is 3. The normalized spacial score (nSPS) is 10.5. The molecule has 1 heterocycles. The maximum absolute atomic E-state index is 4.11. The second-order valence-electron chi connectivity index (χ2n) is 2.71. The zero-order valence-electron chi connectivity index (χ0n) is 6.99. The van der Waals surface area contributed by atoms with Crippen LogP contribution in [0.25, 0.3) is 0 Å². The lowest BCUT2D eigenvalue weighted by atomic mass is 10.3. The molecule has 0 radical (unpaired) electrons. The van der Waals surface area contributed by atoms with Crippen molar-refractivity contribution in [2.45, 2.75) is 26.3 Å². The second kappa shape index (κ2) is 3.32. The van der Waals surface area contributed by atoms with Crippen molar-refractivity contribution in [2.75, 3.05) is 0 Å². The van der Waals surface area contributed by atoms with E-state index in [0.29, 0.717) is 6.04 Å². The summed E-state index contributed by atoms with van der Waals surface area (Å²) in [5.41, 5.74) is 0. The van der Waals surface area contributed by atoms with Crippen molar-refractivity contribution in [3.05, 3.63) is 24.8 Å². The number of hydrogen-bond acceptors (Lipinski definition) is 2. The van der Waals surface area contributed by atoms with E-state index in [-0.39, 0.29) is 0 Å². The number of allylic oxidation sites excluding steroid dienone is 1. The molecule has 1 rings (SSSR count). The molecule has 0 fully saturated rings. The molecule has 0 aromatic carbocycles. The Labute approximate surface area is 66.8 Å². The van der Waals surface area contributed by atoms with Crippen molar-refractivity contribution in [3.63, 3.8) is 0 Å². The summed E-state index contributed by atoms with van der Waals surface area (Å²) in [6.45, 7) is 7.82. The molecule has 3 heteroatoms. The second-order valence-corrected chi connectivity index (χ2v) is 2.71. The summed E-state index contributed by atoms with van der Waals surface area (Å²) in [6.07, 6.45) is 4.21. The first kappa shape index (κ1) is 7.98. The fourth-order valence-electron chi connectivity index (χ4n) is 0.981. The van der Waals surface area contributed by atoms with Crippen LogP contribution in [-0.4, -0.2) is 14.8 Å². The van der Waals surface area contributed by atoms with Gasteiger partial charge in [0, 0.05) is 12.5 Å². The van der Waals surface area contributed by atoms with Crippen LogP contribution < -0.4 is 0 Å². The Morgan fingerprint density at radius 3 is 3.00 bits per heavy atom. The third-order valence-electron chi connectivity index (χ3n) is 1.46. The number of aromatic nitrogens is 3. The summed E-state index contributed by atoms with van der Waals surface area (Å²) in [6, 6.07) is 0.382. The van der Waals surface area contributed by atoms with Gasteiger partial charge >= 0.3 is 0 Å². The summed E-state index contributed by atoms with van der Waals surface area (Å²) in [5.74, 6) is 0.981. The summed E-state index contributed by atoms with van der Waals surface area (Å²) < 4.78 is 1.90. The number of rotatable bonds is 3. The Bertz CT molecular complexity index is 237. The zero-order valence-corrected chi connectivity index (χ0v) is 6.99. The van der Waals surface area contributed by atoms with Crippen molar-refractivity contribution in [1.82, 2.24) is 14.8 Å². The first-order valence-corrected chi connectivity index (χ1v) is 3.75. The minimum atomic E-state index is 0.382. The third-order valence-corrected chi connectivity index (χ3v) is 1.46. The highest BCUT2D eigenvalue weighted by Gasteiger charge is 2.04. The monoisotopic (exact) mass is 151 g/mol. The maximum Gasteiger partial charge on any atom is 0.138 e. The Kier molecular flexibility index (Phi) is 2.41. The Morgan fingerprint density at radius 2 is 2.45 bits per heavy atom. The predicted octanol–water partition coefficient (Wildman–Crippen LogP) is 1.59. The maximum atomic E-state index is 4.11. The average Bonchev–Trinajstić information content (AvgIpc) is 2.36. The molecule has 0 aliphatic rings. The smallest absolute Gasteiger partial charge is 0.138 e. The van der Waals surface area contributed by atoms with Gasteiger partial charge in [0.15, 0.2) is 0 Å². The lowest BCUT2D eigenvalue weighted by molar-refractivity contribution is 0.511. The van der Waals surface area contributed by atoms with Crippen LogP contribution in [-0.2, 0) is 6.42 Å². The van der Waals surface area contributed by atoms with Crippen LogP contribution in [0.1, 0.15) is 25.7 Å². The predicted molar refractivity (Wildman–Crippen MR) is 44.3 cm³/mol. The van der Waals surface area contributed by atoms with Gasteiger partial charge in [-0.3, -0.25) is 0 Å². The first-order chi connectivity index (χ1) is 5.25. The Hall–Kier alpha value is -1.12. The summed E-state index contributed by atoms with van der Waals surface area (Å²) in [5, 5.41) is 4.09. The minimum absolute atomic E-state index is 0.382. The lowest BCUT2D eigenvalue weighted by Gasteiger charge is -2.06. The third kappa shape index (κ3) is 1.67. The molecule has 3 nitrogen and oxygen atoms in total. The SMILES string of the molecule is C=CCc1ncnn1C(C)C. The Balaban J connectivity index is 2.86. The van der Waals surface area contributed by atoms with Crippen molar-refractivity contribution in [1.29, 1.82) is 0 Å². The van der Waals surface area contributed by atoms with Gasteiger partial charge in [-0.15, -0.1) is 6.58 Å². The van der Waals surface area contributed by atoms with Gasteiger partial charge in [-0.25, -0.2) is 9.67 Å². The molecule has 60 valence electrons. The molecule has 0 saturated carbocycles. The van der Waals surface area contributed by atoms with Crippen LogP contribution >= 0.6 is 0 Å². The fraction of sp³-hybridized carbons (Fsp3) is 0.500. The van der Waals surface area contributed by atoms with E-state index >= 15 is 0 Å². The Morgan fingerprint density at radius 1 is 1.73 bits per heavy atom. The van der Waals surface area contributed by atoms with E-state index in [1.807, 2.05) is 10.8 Å². The highest BCUT2D eigenvalue weighted by atomic mass is 15.3. The van der Waals surface area contributed by atoms with Crippen LogP contribution in [0.15, 0.2) is 19.0 Å². The molecule has 0 amide bonds. The zero-order chi connectivity index (χ0) is 8.27. The molecule has 0 atom stereocenters. The van der Waals surface area contributed by atoms with Gasteiger partial charge in [0.2, 0.25) is 0 Å². The molecule has 0 unspecified atom stereocenters. The largest absolute Gasteiger partial charge is 0.247 e. The van der Waals surface area contributed by atoms with Crippen LogP contribution in [0.2, 0.25) is 0 Å². The summed E-state index contributed by atoms with van der Waals surface area (Å²) in [4.78, 5) is 4.11. The molecule has 0 spiro atoms. The minimum Gasteiger partial charge on any atom is -0.247 e. The van der Waals surface area contributed by atoms with Gasteiger partial charge in [0.05, 0.1) is 0 Å². The molecule has 11 heavy (non-hydrogen) atoms. The van der Waals surface area contributed by atoms with Crippen molar-refractivity contribution >= 4 is 0 Å². The van der Waals surface area contributed by atoms with Gasteiger partial charge in [-0.2, -0.15) is 5.10 Å². The van der Waals surface area contributed by atoms with Crippen LogP contribution in [0, 0.1) is 0 Å². The van der Waals surface area contributed by atoms with Gasteiger partial charge in [-0.05, 0) is 13.8 Å². The van der Waals surface area contributed by atoms with E-state index in [1.54, 1.807) is 6.33 Å². The number of hydrogen-bond donors (Lipinski definition) is 0. The molecular weight excluding hydrogens is 138 g/mol. The first-order valence-electron chi connectivity index (χ1n) is 3.75. The molecule has 0 aliphatic heterocycles. The van der Waals surface area contributed by atoms with Gasteiger partial charge in [0.25, 0.3) is 0 Å². The van der Waals surface area contributed by atoms with Crippen molar-refractivity contribution < 1.29 is 0 Å². The van der Waals surface area contributed by atoms with Gasteiger partial charge in [0.1, 0.15) is 12.2 Å². The molecule has 1 aromatic rings. The van der Waals surface area contributed by atoms with Gasteiger partial charge in [-0.1, -0.05) is 6.08 Å². The van der Waals surface area contributed by atoms with E-state index in [2.05, 4.69) is 30.5 Å². The van der Waals surface area contributed by atoms with E-state index in [0.717, 1.165) is 12.2 Å². The van der Waals surface area contributed by atoms with Crippen molar-refractivity contribution in [3.8, 4) is 0 Å². The summed E-state index contributed by atoms with van der Waals surface area (Å²) in [7, 11) is 0. The van der Waals surface area contributed by atoms with Crippen LogP contribution in [0.5, 0.6) is 0 Å². The quantitative estimate of drug-likeness (QED) is 0.614. The summed E-state index contributed by atoms with van der Waals surface area (Å²) >= 11 is 0. The molecule has 0 bridgehead atoms. The molecule has 0 N–H and O–H groups in total. The lowest BCUT2D eigenvalue weighted by Crippen LogP contribution is -2.07. The molecule has 1 aromatic heterocycles. The topological polar surface area (TPSA) is 30.7 Å². The van der Waals surface area contributed by atoms with E-state index in [4.69, 9.17) is 0 Å². The average molecular weight is 151 g/mol.